The number of ether oxygens (including phenoxy) is 1. The van der Waals surface area contributed by atoms with Crippen LogP contribution in [-0.2, 0) is 4.79 Å². The normalized spacial score (nSPS) is 16.1. The summed E-state index contributed by atoms with van der Waals surface area (Å²) in [6.45, 7) is 3.16. The Labute approximate surface area is 181 Å². The van der Waals surface area contributed by atoms with Crippen molar-refractivity contribution in [2.24, 2.45) is 0 Å². The largest absolute Gasteiger partial charge is 0.497 e. The molecule has 1 aliphatic heterocycles. The summed E-state index contributed by atoms with van der Waals surface area (Å²) in [5.74, 6) is 1.40. The van der Waals surface area contributed by atoms with E-state index in [2.05, 4.69) is 25.5 Å². The number of aryl methyl sites for hydroxylation is 1. The fourth-order valence-electron chi connectivity index (χ4n) is 3.86. The molecular weight excluding hydrogens is 392 g/mol. The van der Waals surface area contributed by atoms with Crippen molar-refractivity contribution >= 4 is 23.1 Å². The number of amides is 1. The first kappa shape index (κ1) is 20.7. The van der Waals surface area contributed by atoms with Gasteiger partial charge in [-0.3, -0.25) is 19.7 Å². The number of benzene rings is 1. The average Bonchev–Trinajstić information content (AvgIpc) is 3.22. The number of carbonyl (C=O) groups excluding carboxylic acids is 1. The second-order valence-corrected chi connectivity index (χ2v) is 7.54. The molecule has 0 bridgehead atoms. The number of hydrogen-bond acceptors (Lipinski definition) is 7. The molecule has 160 valence electrons. The Morgan fingerprint density at radius 3 is 2.77 bits per heavy atom. The van der Waals surface area contributed by atoms with Crippen LogP contribution in [0.25, 0.3) is 0 Å². The molecule has 1 fully saturated rings. The van der Waals surface area contributed by atoms with Gasteiger partial charge in [0.15, 0.2) is 0 Å². The summed E-state index contributed by atoms with van der Waals surface area (Å²) < 4.78 is 5.16. The Morgan fingerprint density at radius 1 is 1.19 bits per heavy atom. The number of carbonyl (C=O) groups is 1. The number of nitrogens with zero attached hydrogens (tertiary/aromatic N) is 4. The van der Waals surface area contributed by atoms with Crippen molar-refractivity contribution in [2.75, 3.05) is 30.8 Å². The molecule has 8 nitrogen and oxygen atoms in total. The standard InChI is InChI=1S/C23H26N6O2/c1-16-12-18(27-22-14-24-9-10-25-22)13-20(26-16)21-4-3-11-29(21)15-23(30)28-17-5-7-19(31-2)8-6-17/h5-10,12-14,21H,3-4,11,15H2,1-2H3,(H,28,30)(H,25,26,27). The van der Waals surface area contributed by atoms with Gasteiger partial charge in [0.1, 0.15) is 11.6 Å². The smallest absolute Gasteiger partial charge is 0.238 e. The van der Waals surface area contributed by atoms with Crippen LogP contribution in [0.2, 0.25) is 0 Å². The third-order valence-corrected chi connectivity index (χ3v) is 5.23. The van der Waals surface area contributed by atoms with Crippen molar-refractivity contribution in [3.63, 3.8) is 0 Å². The van der Waals surface area contributed by atoms with Crippen molar-refractivity contribution in [1.82, 2.24) is 19.9 Å². The lowest BCUT2D eigenvalue weighted by Crippen LogP contribution is -2.33. The van der Waals surface area contributed by atoms with Crippen LogP contribution in [-0.4, -0.2) is 46.0 Å². The molecule has 1 amide bonds. The molecular formula is C23H26N6O2. The molecule has 3 heterocycles. The van der Waals surface area contributed by atoms with E-state index in [-0.39, 0.29) is 11.9 Å². The lowest BCUT2D eigenvalue weighted by atomic mass is 10.1. The second kappa shape index (κ2) is 9.53. The van der Waals surface area contributed by atoms with Gasteiger partial charge in [-0.15, -0.1) is 0 Å². The zero-order valence-corrected chi connectivity index (χ0v) is 17.7. The minimum absolute atomic E-state index is 0.0392. The first-order valence-electron chi connectivity index (χ1n) is 10.3. The molecule has 1 aromatic carbocycles. The Bertz CT molecular complexity index is 1030. The first-order valence-corrected chi connectivity index (χ1v) is 10.3. The maximum atomic E-state index is 12.6. The topological polar surface area (TPSA) is 92.3 Å². The highest BCUT2D eigenvalue weighted by molar-refractivity contribution is 5.92. The molecule has 31 heavy (non-hydrogen) atoms. The van der Waals surface area contributed by atoms with Crippen LogP contribution < -0.4 is 15.4 Å². The SMILES string of the molecule is COc1ccc(NC(=O)CN2CCCC2c2cc(Nc3cnccn3)cc(C)n2)cc1. The minimum Gasteiger partial charge on any atom is -0.497 e. The van der Waals surface area contributed by atoms with Crippen LogP contribution in [0.1, 0.15) is 30.3 Å². The number of nitrogens with one attached hydrogen (secondary N) is 2. The van der Waals surface area contributed by atoms with Crippen molar-refractivity contribution in [3.05, 3.63) is 66.4 Å². The number of likely N-dealkylation sites (tertiary alicyclic amines) is 1. The molecule has 3 aromatic rings. The van der Waals surface area contributed by atoms with E-state index in [1.807, 2.05) is 43.3 Å². The van der Waals surface area contributed by atoms with Gasteiger partial charge < -0.3 is 15.4 Å². The summed E-state index contributed by atoms with van der Waals surface area (Å²) in [7, 11) is 1.62. The number of pyridine rings is 1. The molecule has 0 spiro atoms. The Hall–Kier alpha value is -3.52. The number of hydrogen-bond donors (Lipinski definition) is 2. The van der Waals surface area contributed by atoms with Crippen LogP contribution in [0.4, 0.5) is 17.2 Å². The zero-order valence-electron chi connectivity index (χ0n) is 17.7. The summed E-state index contributed by atoms with van der Waals surface area (Å²) in [5, 5.41) is 6.25. The molecule has 1 unspecified atom stereocenters. The highest BCUT2D eigenvalue weighted by Gasteiger charge is 2.29. The Kier molecular flexibility index (Phi) is 6.37. The maximum Gasteiger partial charge on any atom is 0.238 e. The number of aromatic nitrogens is 3. The second-order valence-electron chi connectivity index (χ2n) is 7.54. The van der Waals surface area contributed by atoms with E-state index in [0.717, 1.165) is 47.9 Å². The van der Waals surface area contributed by atoms with Crippen LogP contribution in [0.3, 0.4) is 0 Å². The molecule has 1 saturated heterocycles. The number of rotatable bonds is 7. The molecule has 4 rings (SSSR count). The minimum atomic E-state index is -0.0392. The molecule has 0 saturated carbocycles. The average molecular weight is 419 g/mol. The van der Waals surface area contributed by atoms with Gasteiger partial charge >= 0.3 is 0 Å². The molecule has 2 aromatic heterocycles. The van der Waals surface area contributed by atoms with Crippen molar-refractivity contribution in [1.29, 1.82) is 0 Å². The fraction of sp³-hybridized carbons (Fsp3) is 0.304. The highest BCUT2D eigenvalue weighted by Crippen LogP contribution is 2.32. The molecule has 2 N–H and O–H groups in total. The molecule has 1 aliphatic rings. The predicted molar refractivity (Wildman–Crippen MR) is 119 cm³/mol. The maximum absolute atomic E-state index is 12.6. The van der Waals surface area contributed by atoms with Gasteiger partial charge in [0.25, 0.3) is 0 Å². The van der Waals surface area contributed by atoms with Gasteiger partial charge in [0.05, 0.1) is 31.6 Å². The molecule has 1 atom stereocenters. The number of anilines is 3. The van der Waals surface area contributed by atoms with Crippen molar-refractivity contribution in [2.45, 2.75) is 25.8 Å². The van der Waals surface area contributed by atoms with Gasteiger partial charge in [0.2, 0.25) is 5.91 Å². The van der Waals surface area contributed by atoms with E-state index in [0.29, 0.717) is 12.4 Å². The van der Waals surface area contributed by atoms with Gasteiger partial charge in [-0.25, -0.2) is 4.98 Å². The van der Waals surface area contributed by atoms with Gasteiger partial charge in [0, 0.05) is 29.5 Å². The van der Waals surface area contributed by atoms with E-state index < -0.39 is 0 Å². The molecule has 0 radical (unpaired) electrons. The summed E-state index contributed by atoms with van der Waals surface area (Å²) in [4.78, 5) is 27.9. The van der Waals surface area contributed by atoms with E-state index in [1.165, 1.54) is 0 Å². The zero-order chi connectivity index (χ0) is 21.6. The first-order chi connectivity index (χ1) is 15.1. The van der Waals surface area contributed by atoms with Crippen molar-refractivity contribution in [3.8, 4) is 5.75 Å². The predicted octanol–water partition coefficient (Wildman–Crippen LogP) is 3.71. The summed E-state index contributed by atoms with van der Waals surface area (Å²) >= 11 is 0. The van der Waals surface area contributed by atoms with Gasteiger partial charge in [-0.05, 0) is 62.7 Å². The lowest BCUT2D eigenvalue weighted by molar-refractivity contribution is -0.117. The molecule has 8 heteroatoms. The quantitative estimate of drug-likeness (QED) is 0.604. The molecule has 0 aliphatic carbocycles. The Balaban J connectivity index is 1.44. The summed E-state index contributed by atoms with van der Waals surface area (Å²) in [6, 6.07) is 11.5. The monoisotopic (exact) mass is 418 g/mol. The van der Waals surface area contributed by atoms with E-state index in [9.17, 15) is 4.79 Å². The van der Waals surface area contributed by atoms with Gasteiger partial charge in [-0.1, -0.05) is 0 Å². The Morgan fingerprint density at radius 2 is 2.03 bits per heavy atom. The van der Waals surface area contributed by atoms with Crippen LogP contribution in [0.5, 0.6) is 5.75 Å². The van der Waals surface area contributed by atoms with Crippen LogP contribution >= 0.6 is 0 Å². The van der Waals surface area contributed by atoms with Gasteiger partial charge in [-0.2, -0.15) is 0 Å². The number of methoxy groups -OCH3 is 1. The summed E-state index contributed by atoms with van der Waals surface area (Å²) in [5.41, 5.74) is 3.54. The fourth-order valence-corrected chi connectivity index (χ4v) is 3.86. The third kappa shape index (κ3) is 5.35. The third-order valence-electron chi connectivity index (χ3n) is 5.23. The van der Waals surface area contributed by atoms with E-state index in [1.54, 1.807) is 25.7 Å². The highest BCUT2D eigenvalue weighted by atomic mass is 16.5. The van der Waals surface area contributed by atoms with Crippen LogP contribution in [0.15, 0.2) is 55.0 Å². The lowest BCUT2D eigenvalue weighted by Gasteiger charge is -2.24. The van der Waals surface area contributed by atoms with E-state index in [4.69, 9.17) is 9.72 Å². The van der Waals surface area contributed by atoms with Crippen molar-refractivity contribution < 1.29 is 9.53 Å². The summed E-state index contributed by atoms with van der Waals surface area (Å²) in [6.07, 6.45) is 6.97. The van der Waals surface area contributed by atoms with Crippen LogP contribution in [0, 0.1) is 6.92 Å². The van der Waals surface area contributed by atoms with E-state index >= 15 is 0 Å².